The zero-order chi connectivity index (χ0) is 11.6. The van der Waals surface area contributed by atoms with Gasteiger partial charge in [0.05, 0.1) is 12.0 Å². The second kappa shape index (κ2) is 4.49. The van der Waals surface area contributed by atoms with E-state index in [9.17, 15) is 9.90 Å². The van der Waals surface area contributed by atoms with E-state index in [1.807, 2.05) is 20.8 Å². The first kappa shape index (κ1) is 12.5. The third-order valence-electron chi connectivity index (χ3n) is 2.60. The molecule has 0 aromatic carbocycles. The van der Waals surface area contributed by atoms with Crippen LogP contribution in [0.5, 0.6) is 0 Å². The van der Waals surface area contributed by atoms with Gasteiger partial charge in [0.1, 0.15) is 5.60 Å². The van der Waals surface area contributed by atoms with Gasteiger partial charge in [0, 0.05) is 6.04 Å². The van der Waals surface area contributed by atoms with Gasteiger partial charge in [-0.3, -0.25) is 4.79 Å². The van der Waals surface area contributed by atoms with Crippen LogP contribution < -0.4 is 5.73 Å². The molecular formula is C11H21NO3. The van der Waals surface area contributed by atoms with Gasteiger partial charge < -0.3 is 15.6 Å². The average molecular weight is 215 g/mol. The molecule has 0 aliphatic heterocycles. The fraction of sp³-hybridized carbons (Fsp3) is 0.909. The molecule has 1 fully saturated rings. The molecule has 3 atom stereocenters. The van der Waals surface area contributed by atoms with Gasteiger partial charge in [-0.1, -0.05) is 0 Å². The number of ether oxygens (including phenoxy) is 1. The maximum absolute atomic E-state index is 11.7. The van der Waals surface area contributed by atoms with Crippen molar-refractivity contribution in [3.05, 3.63) is 0 Å². The minimum Gasteiger partial charge on any atom is -0.460 e. The van der Waals surface area contributed by atoms with Crippen LogP contribution in [-0.4, -0.2) is 28.8 Å². The fourth-order valence-electron chi connectivity index (χ4n) is 1.79. The molecular weight excluding hydrogens is 194 g/mol. The molecule has 4 nitrogen and oxygen atoms in total. The Morgan fingerprint density at radius 3 is 2.47 bits per heavy atom. The van der Waals surface area contributed by atoms with Crippen LogP contribution >= 0.6 is 0 Å². The van der Waals surface area contributed by atoms with Gasteiger partial charge in [0.25, 0.3) is 0 Å². The summed E-state index contributed by atoms with van der Waals surface area (Å²) in [5, 5.41) is 9.43. The first-order valence-corrected chi connectivity index (χ1v) is 5.46. The van der Waals surface area contributed by atoms with Crippen LogP contribution in [0.4, 0.5) is 0 Å². The average Bonchev–Trinajstić information content (AvgIpc) is 2.06. The zero-order valence-electron chi connectivity index (χ0n) is 9.69. The third kappa shape index (κ3) is 3.80. The lowest BCUT2D eigenvalue weighted by Gasteiger charge is -2.31. The van der Waals surface area contributed by atoms with Gasteiger partial charge in [-0.2, -0.15) is 0 Å². The Morgan fingerprint density at radius 2 is 2.00 bits per heavy atom. The van der Waals surface area contributed by atoms with Crippen LogP contribution in [0.2, 0.25) is 0 Å². The van der Waals surface area contributed by atoms with Gasteiger partial charge >= 0.3 is 5.97 Å². The van der Waals surface area contributed by atoms with Crippen molar-refractivity contribution >= 4 is 5.97 Å². The second-order valence-corrected chi connectivity index (χ2v) is 5.27. The lowest BCUT2D eigenvalue weighted by Crippen LogP contribution is -2.43. The number of carbonyl (C=O) groups excluding carboxylic acids is 1. The lowest BCUT2D eigenvalue weighted by atomic mass is 9.84. The van der Waals surface area contributed by atoms with E-state index in [2.05, 4.69) is 0 Å². The molecule has 0 bridgehead atoms. The zero-order valence-corrected chi connectivity index (χ0v) is 9.69. The number of carbonyl (C=O) groups is 1. The molecule has 4 heteroatoms. The van der Waals surface area contributed by atoms with Crippen molar-refractivity contribution in [1.82, 2.24) is 0 Å². The van der Waals surface area contributed by atoms with Crippen LogP contribution in [0.3, 0.4) is 0 Å². The molecule has 3 unspecified atom stereocenters. The Balaban J connectivity index is 2.48. The maximum atomic E-state index is 11.7. The first-order chi connectivity index (χ1) is 6.79. The summed E-state index contributed by atoms with van der Waals surface area (Å²) in [6.07, 6.45) is 1.31. The van der Waals surface area contributed by atoms with Crippen molar-refractivity contribution < 1.29 is 14.6 Å². The van der Waals surface area contributed by atoms with Gasteiger partial charge in [-0.15, -0.1) is 0 Å². The molecule has 0 spiro atoms. The molecule has 1 aliphatic carbocycles. The SMILES string of the molecule is CC(C)(C)OC(=O)C1CCC(O)C(N)C1. The first-order valence-electron chi connectivity index (χ1n) is 5.46. The Labute approximate surface area is 90.8 Å². The van der Waals surface area contributed by atoms with Gasteiger partial charge in [0.15, 0.2) is 0 Å². The quantitative estimate of drug-likeness (QED) is 0.635. The molecule has 1 rings (SSSR count). The molecule has 0 amide bonds. The summed E-state index contributed by atoms with van der Waals surface area (Å²) >= 11 is 0. The molecule has 1 aliphatic rings. The number of nitrogens with two attached hydrogens (primary N) is 1. The molecule has 0 aromatic rings. The van der Waals surface area contributed by atoms with E-state index in [0.717, 1.165) is 0 Å². The molecule has 0 aromatic heterocycles. The summed E-state index contributed by atoms with van der Waals surface area (Å²) in [6, 6.07) is -0.295. The molecule has 15 heavy (non-hydrogen) atoms. The van der Waals surface area contributed by atoms with Crippen LogP contribution in [0, 0.1) is 5.92 Å². The lowest BCUT2D eigenvalue weighted by molar-refractivity contribution is -0.162. The van der Waals surface area contributed by atoms with E-state index in [4.69, 9.17) is 10.5 Å². The topological polar surface area (TPSA) is 72.5 Å². The third-order valence-corrected chi connectivity index (χ3v) is 2.60. The van der Waals surface area contributed by atoms with Gasteiger partial charge in [-0.25, -0.2) is 0 Å². The summed E-state index contributed by atoms with van der Waals surface area (Å²) in [6.45, 7) is 5.55. The van der Waals surface area contributed by atoms with E-state index in [0.29, 0.717) is 19.3 Å². The highest BCUT2D eigenvalue weighted by atomic mass is 16.6. The molecule has 3 N–H and O–H groups in total. The van der Waals surface area contributed by atoms with Crippen molar-refractivity contribution in [2.45, 2.75) is 57.8 Å². The number of esters is 1. The maximum Gasteiger partial charge on any atom is 0.309 e. The van der Waals surface area contributed by atoms with E-state index >= 15 is 0 Å². The summed E-state index contributed by atoms with van der Waals surface area (Å²) < 4.78 is 5.28. The van der Waals surface area contributed by atoms with E-state index in [-0.39, 0.29) is 17.9 Å². The largest absolute Gasteiger partial charge is 0.460 e. The number of hydrogen-bond acceptors (Lipinski definition) is 4. The van der Waals surface area contributed by atoms with Gasteiger partial charge in [0.2, 0.25) is 0 Å². The van der Waals surface area contributed by atoms with Crippen LogP contribution in [-0.2, 0) is 9.53 Å². The van der Waals surface area contributed by atoms with Crippen molar-refractivity contribution in [1.29, 1.82) is 0 Å². The normalized spacial score (nSPS) is 32.5. The van der Waals surface area contributed by atoms with Crippen LogP contribution in [0.25, 0.3) is 0 Å². The van der Waals surface area contributed by atoms with E-state index in [1.54, 1.807) is 0 Å². The molecule has 88 valence electrons. The fourth-order valence-corrected chi connectivity index (χ4v) is 1.79. The monoisotopic (exact) mass is 215 g/mol. The molecule has 0 radical (unpaired) electrons. The minimum atomic E-state index is -0.469. The van der Waals surface area contributed by atoms with Crippen molar-refractivity contribution in [2.75, 3.05) is 0 Å². The summed E-state index contributed by atoms with van der Waals surface area (Å²) in [5.41, 5.74) is 5.27. The number of aliphatic hydroxyl groups is 1. The Bertz CT molecular complexity index is 234. The summed E-state index contributed by atoms with van der Waals surface area (Å²) in [7, 11) is 0. The van der Waals surface area contributed by atoms with Crippen molar-refractivity contribution in [3.8, 4) is 0 Å². The minimum absolute atomic E-state index is 0.150. The van der Waals surface area contributed by atoms with E-state index < -0.39 is 11.7 Å². The van der Waals surface area contributed by atoms with E-state index in [1.165, 1.54) is 0 Å². The predicted octanol–water partition coefficient (Wildman–Crippen LogP) is 0.816. The highest BCUT2D eigenvalue weighted by Gasteiger charge is 2.33. The number of rotatable bonds is 1. The van der Waals surface area contributed by atoms with Crippen molar-refractivity contribution in [2.24, 2.45) is 11.7 Å². The second-order valence-electron chi connectivity index (χ2n) is 5.27. The smallest absolute Gasteiger partial charge is 0.309 e. The molecule has 0 saturated heterocycles. The van der Waals surface area contributed by atoms with Crippen LogP contribution in [0.15, 0.2) is 0 Å². The molecule has 1 saturated carbocycles. The van der Waals surface area contributed by atoms with Gasteiger partial charge in [-0.05, 0) is 40.0 Å². The highest BCUT2D eigenvalue weighted by molar-refractivity contribution is 5.73. The highest BCUT2D eigenvalue weighted by Crippen LogP contribution is 2.26. The predicted molar refractivity (Wildman–Crippen MR) is 57.2 cm³/mol. The van der Waals surface area contributed by atoms with Crippen LogP contribution in [0.1, 0.15) is 40.0 Å². The summed E-state index contributed by atoms with van der Waals surface area (Å²) in [5.74, 6) is -0.340. The standard InChI is InChI=1S/C11H21NO3/c1-11(2,3)15-10(14)7-4-5-9(13)8(12)6-7/h7-9,13H,4-6,12H2,1-3H3. The number of hydrogen-bond donors (Lipinski definition) is 2. The summed E-state index contributed by atoms with van der Waals surface area (Å²) in [4.78, 5) is 11.7. The Morgan fingerprint density at radius 1 is 1.40 bits per heavy atom. The Hall–Kier alpha value is -0.610. The van der Waals surface area contributed by atoms with Crippen molar-refractivity contribution in [3.63, 3.8) is 0 Å². The number of aliphatic hydroxyl groups excluding tert-OH is 1. The molecule has 0 heterocycles. The Kier molecular flexibility index (Phi) is 3.73.